The number of hydrogen-bond acceptors (Lipinski definition) is 7. The lowest BCUT2D eigenvalue weighted by Crippen LogP contribution is -2.38. The zero-order valence-electron chi connectivity index (χ0n) is 11.9. The summed E-state index contributed by atoms with van der Waals surface area (Å²) in [4.78, 5) is 4.71. The Balaban J connectivity index is 2.38. The van der Waals surface area contributed by atoms with Crippen molar-refractivity contribution >= 4 is 32.1 Å². The maximum absolute atomic E-state index is 12.6. The minimum absolute atomic E-state index is 0.0125. The van der Waals surface area contributed by atoms with Gasteiger partial charge in [0, 0.05) is 24.7 Å². The highest BCUT2D eigenvalue weighted by atomic mass is 32.2. The van der Waals surface area contributed by atoms with E-state index in [4.69, 9.17) is 10.6 Å². The first-order valence-corrected chi connectivity index (χ1v) is 8.83. The standard InChI is InChI=1S/C11H19N5O3S2/c1-3-4-8(7-19-2)15-21(17,18)10-9(14-12)13-11-16(10)5-6-20-11/h5-6,8,14-15H,3-4,7,12H2,1-2H3. The number of fused-ring (bicyclic) bond motifs is 1. The van der Waals surface area contributed by atoms with Crippen molar-refractivity contribution in [3.63, 3.8) is 0 Å². The average Bonchev–Trinajstić information content (AvgIpc) is 2.97. The summed E-state index contributed by atoms with van der Waals surface area (Å²) in [5.41, 5.74) is 2.34. The normalized spacial score (nSPS) is 13.7. The van der Waals surface area contributed by atoms with Gasteiger partial charge < -0.3 is 10.2 Å². The highest BCUT2D eigenvalue weighted by Gasteiger charge is 2.28. The number of hydrogen-bond donors (Lipinski definition) is 3. The molecule has 2 rings (SSSR count). The van der Waals surface area contributed by atoms with Crippen LogP contribution in [-0.4, -0.2) is 37.6 Å². The number of nitrogens with two attached hydrogens (primary N) is 1. The number of thiazole rings is 1. The predicted octanol–water partition coefficient (Wildman–Crippen LogP) is 0.775. The van der Waals surface area contributed by atoms with E-state index < -0.39 is 10.0 Å². The van der Waals surface area contributed by atoms with Gasteiger partial charge in [0.15, 0.2) is 10.8 Å². The average molecular weight is 333 g/mol. The van der Waals surface area contributed by atoms with Crippen LogP contribution in [0.2, 0.25) is 0 Å². The minimum Gasteiger partial charge on any atom is -0.383 e. The maximum atomic E-state index is 12.6. The van der Waals surface area contributed by atoms with Crippen LogP contribution in [0.3, 0.4) is 0 Å². The molecule has 0 bridgehead atoms. The molecule has 0 saturated heterocycles. The van der Waals surface area contributed by atoms with Crippen LogP contribution in [0.15, 0.2) is 16.6 Å². The van der Waals surface area contributed by atoms with E-state index in [0.29, 0.717) is 18.0 Å². The van der Waals surface area contributed by atoms with Crippen molar-refractivity contribution in [1.29, 1.82) is 0 Å². The molecule has 2 aromatic heterocycles. The highest BCUT2D eigenvalue weighted by Crippen LogP contribution is 2.25. The number of anilines is 1. The molecule has 0 aromatic carbocycles. The van der Waals surface area contributed by atoms with Crippen molar-refractivity contribution in [1.82, 2.24) is 14.1 Å². The van der Waals surface area contributed by atoms with E-state index in [2.05, 4.69) is 15.1 Å². The third-order valence-electron chi connectivity index (χ3n) is 2.94. The number of ether oxygens (including phenoxy) is 1. The third-order valence-corrected chi connectivity index (χ3v) is 5.24. The lowest BCUT2D eigenvalue weighted by atomic mass is 10.2. The fourth-order valence-corrected chi connectivity index (χ4v) is 4.39. The molecule has 8 nitrogen and oxygen atoms in total. The predicted molar refractivity (Wildman–Crippen MR) is 81.8 cm³/mol. The second kappa shape index (κ2) is 6.71. The number of methoxy groups -OCH3 is 1. The molecule has 1 atom stereocenters. The van der Waals surface area contributed by atoms with E-state index in [1.807, 2.05) is 6.92 Å². The van der Waals surface area contributed by atoms with E-state index in [0.717, 1.165) is 6.42 Å². The van der Waals surface area contributed by atoms with Crippen LogP contribution >= 0.6 is 11.3 Å². The third kappa shape index (κ3) is 3.35. The Labute approximate surface area is 127 Å². The topological polar surface area (TPSA) is 111 Å². The molecule has 0 aliphatic heterocycles. The fourth-order valence-electron chi connectivity index (χ4n) is 2.12. The largest absolute Gasteiger partial charge is 0.383 e. The van der Waals surface area contributed by atoms with Crippen molar-refractivity contribution in [3.05, 3.63) is 11.6 Å². The van der Waals surface area contributed by atoms with Gasteiger partial charge in [0.05, 0.1) is 6.61 Å². The van der Waals surface area contributed by atoms with Crippen LogP contribution in [0.1, 0.15) is 19.8 Å². The van der Waals surface area contributed by atoms with Crippen LogP contribution in [0.5, 0.6) is 0 Å². The monoisotopic (exact) mass is 333 g/mol. The summed E-state index contributed by atoms with van der Waals surface area (Å²) in [6.45, 7) is 2.30. The van der Waals surface area contributed by atoms with E-state index in [1.54, 1.807) is 18.7 Å². The molecular weight excluding hydrogens is 314 g/mol. The van der Waals surface area contributed by atoms with Gasteiger partial charge in [-0.1, -0.05) is 13.3 Å². The van der Waals surface area contributed by atoms with E-state index >= 15 is 0 Å². The molecule has 0 aliphatic carbocycles. The summed E-state index contributed by atoms with van der Waals surface area (Å²) in [7, 11) is -2.22. The van der Waals surface area contributed by atoms with Gasteiger partial charge in [-0.25, -0.2) is 19.0 Å². The molecule has 0 spiro atoms. The molecule has 0 radical (unpaired) electrons. The van der Waals surface area contributed by atoms with Crippen LogP contribution in [-0.2, 0) is 14.8 Å². The molecule has 1 unspecified atom stereocenters. The number of hydrazine groups is 1. The molecule has 10 heteroatoms. The minimum atomic E-state index is -3.77. The van der Waals surface area contributed by atoms with Gasteiger partial charge in [-0.15, -0.1) is 11.3 Å². The van der Waals surface area contributed by atoms with Gasteiger partial charge in [-0.05, 0) is 6.42 Å². The first-order chi connectivity index (χ1) is 10.0. The molecule has 0 saturated carbocycles. The van der Waals surface area contributed by atoms with Crippen molar-refractivity contribution in [2.24, 2.45) is 5.84 Å². The van der Waals surface area contributed by atoms with Crippen LogP contribution in [0.25, 0.3) is 4.96 Å². The molecule has 21 heavy (non-hydrogen) atoms. The number of aromatic nitrogens is 2. The Morgan fingerprint density at radius 3 is 2.95 bits per heavy atom. The highest BCUT2D eigenvalue weighted by molar-refractivity contribution is 7.89. The number of imidazole rings is 1. The second-order valence-corrected chi connectivity index (χ2v) is 7.03. The van der Waals surface area contributed by atoms with Crippen molar-refractivity contribution in [2.75, 3.05) is 19.1 Å². The first kappa shape index (κ1) is 16.2. The number of sulfonamides is 1. The Morgan fingerprint density at radius 2 is 2.33 bits per heavy atom. The van der Waals surface area contributed by atoms with E-state index in [1.165, 1.54) is 15.7 Å². The fraction of sp³-hybridized carbons (Fsp3) is 0.545. The van der Waals surface area contributed by atoms with Crippen molar-refractivity contribution in [3.8, 4) is 0 Å². The number of nitrogens with one attached hydrogen (secondary N) is 2. The van der Waals surface area contributed by atoms with Crippen molar-refractivity contribution in [2.45, 2.75) is 30.8 Å². The van der Waals surface area contributed by atoms with Crippen LogP contribution < -0.4 is 16.0 Å². The number of nitrogen functional groups attached to an aromatic ring is 1. The zero-order valence-corrected chi connectivity index (χ0v) is 13.5. The molecule has 0 fully saturated rings. The smallest absolute Gasteiger partial charge is 0.260 e. The molecule has 4 N–H and O–H groups in total. The maximum Gasteiger partial charge on any atom is 0.260 e. The first-order valence-electron chi connectivity index (χ1n) is 6.47. The number of rotatable bonds is 8. The number of nitrogens with zero attached hydrogens (tertiary/aromatic N) is 2. The van der Waals surface area contributed by atoms with E-state index in [-0.39, 0.29) is 16.9 Å². The lowest BCUT2D eigenvalue weighted by Gasteiger charge is -2.17. The van der Waals surface area contributed by atoms with Gasteiger partial charge in [0.25, 0.3) is 10.0 Å². The molecule has 2 aromatic rings. The molecular formula is C11H19N5O3S2. The van der Waals surface area contributed by atoms with E-state index in [9.17, 15) is 8.42 Å². The van der Waals surface area contributed by atoms with Gasteiger partial charge in [0.2, 0.25) is 5.03 Å². The van der Waals surface area contributed by atoms with Gasteiger partial charge in [-0.2, -0.15) is 4.98 Å². The Bertz CT molecular complexity index is 688. The molecule has 0 aliphatic rings. The Kier molecular flexibility index (Phi) is 5.17. The summed E-state index contributed by atoms with van der Waals surface area (Å²) in [5.74, 6) is 5.51. The SMILES string of the molecule is CCCC(COC)NS(=O)(=O)c1c(NN)nc2sccn12. The Morgan fingerprint density at radius 1 is 1.57 bits per heavy atom. The Hall–Kier alpha value is -1.20. The lowest BCUT2D eigenvalue weighted by molar-refractivity contribution is 0.171. The summed E-state index contributed by atoms with van der Waals surface area (Å²) >= 11 is 1.33. The van der Waals surface area contributed by atoms with Gasteiger partial charge >= 0.3 is 0 Å². The molecule has 118 valence electrons. The molecule has 2 heterocycles. The van der Waals surface area contributed by atoms with Crippen molar-refractivity contribution < 1.29 is 13.2 Å². The van der Waals surface area contributed by atoms with Crippen LogP contribution in [0, 0.1) is 0 Å². The zero-order chi connectivity index (χ0) is 15.5. The summed E-state index contributed by atoms with van der Waals surface area (Å²) < 4.78 is 34.5. The van der Waals surface area contributed by atoms with Crippen LogP contribution in [0.4, 0.5) is 5.82 Å². The molecule has 0 amide bonds. The summed E-state index contributed by atoms with van der Waals surface area (Å²) in [5, 5.41) is 1.78. The summed E-state index contributed by atoms with van der Waals surface area (Å²) in [6, 6.07) is -0.292. The van der Waals surface area contributed by atoms with Gasteiger partial charge in [-0.3, -0.25) is 4.40 Å². The van der Waals surface area contributed by atoms with Gasteiger partial charge in [0.1, 0.15) is 0 Å². The quantitative estimate of drug-likeness (QED) is 0.486. The summed E-state index contributed by atoms with van der Waals surface area (Å²) in [6.07, 6.45) is 3.18. The second-order valence-electron chi connectivity index (χ2n) is 4.53.